The van der Waals surface area contributed by atoms with E-state index in [2.05, 4.69) is 29.7 Å². The fourth-order valence-electron chi connectivity index (χ4n) is 3.62. The highest BCUT2D eigenvalue weighted by atomic mass is 16.5. The summed E-state index contributed by atoms with van der Waals surface area (Å²) in [5.74, 6) is 0.846. The molecule has 1 aliphatic rings. The minimum Gasteiger partial charge on any atom is -0.396 e. The number of ether oxygens (including phenoxy) is 1. The molecule has 0 amide bonds. The molecule has 3 N–H and O–H groups in total. The highest BCUT2D eigenvalue weighted by Crippen LogP contribution is 2.39. The molecule has 0 radical (unpaired) electrons. The largest absolute Gasteiger partial charge is 0.396 e. The molecular formula is C21H35N3O2. The molecule has 5 nitrogen and oxygen atoms in total. The first kappa shape index (κ1) is 20.7. The fourth-order valence-corrected chi connectivity index (χ4v) is 3.62. The number of benzene rings is 1. The lowest BCUT2D eigenvalue weighted by atomic mass is 9.72. The van der Waals surface area contributed by atoms with Crippen LogP contribution in [0.4, 0.5) is 0 Å². The Morgan fingerprint density at radius 3 is 2.62 bits per heavy atom. The van der Waals surface area contributed by atoms with Crippen molar-refractivity contribution in [2.75, 3.05) is 32.8 Å². The van der Waals surface area contributed by atoms with Gasteiger partial charge in [-0.15, -0.1) is 0 Å². The predicted molar refractivity (Wildman–Crippen MR) is 107 cm³/mol. The van der Waals surface area contributed by atoms with Crippen molar-refractivity contribution in [2.24, 2.45) is 10.4 Å². The molecule has 0 aliphatic heterocycles. The first-order valence-corrected chi connectivity index (χ1v) is 10.0. The second kappa shape index (κ2) is 11.9. The van der Waals surface area contributed by atoms with Crippen molar-refractivity contribution >= 4 is 5.96 Å². The van der Waals surface area contributed by atoms with Crippen molar-refractivity contribution in [1.29, 1.82) is 0 Å². The molecule has 1 aliphatic carbocycles. The van der Waals surface area contributed by atoms with Crippen LogP contribution in [0.25, 0.3) is 0 Å². The van der Waals surface area contributed by atoms with Crippen LogP contribution in [0, 0.1) is 5.41 Å². The zero-order chi connectivity index (χ0) is 18.5. The van der Waals surface area contributed by atoms with Crippen molar-refractivity contribution in [2.45, 2.75) is 52.1 Å². The van der Waals surface area contributed by atoms with E-state index < -0.39 is 0 Å². The number of hydrogen-bond donors (Lipinski definition) is 3. The van der Waals surface area contributed by atoms with Crippen LogP contribution in [0.5, 0.6) is 0 Å². The van der Waals surface area contributed by atoms with Crippen molar-refractivity contribution < 1.29 is 9.84 Å². The van der Waals surface area contributed by atoms with E-state index in [1.165, 1.54) is 37.7 Å². The lowest BCUT2D eigenvalue weighted by Crippen LogP contribution is -2.40. The van der Waals surface area contributed by atoms with Gasteiger partial charge in [-0.1, -0.05) is 49.6 Å². The Labute approximate surface area is 158 Å². The Balaban J connectivity index is 1.76. The number of nitrogens with zero attached hydrogens (tertiary/aromatic N) is 1. The molecule has 1 aromatic rings. The summed E-state index contributed by atoms with van der Waals surface area (Å²) in [5.41, 5.74) is 1.37. The highest BCUT2D eigenvalue weighted by Gasteiger charge is 2.31. The fraction of sp³-hybridized carbons (Fsp3) is 0.667. The molecule has 2 rings (SSSR count). The molecule has 26 heavy (non-hydrogen) atoms. The van der Waals surface area contributed by atoms with Crippen LogP contribution in [0.15, 0.2) is 35.3 Å². The van der Waals surface area contributed by atoms with Gasteiger partial charge in [0.2, 0.25) is 0 Å². The summed E-state index contributed by atoms with van der Waals surface area (Å²) in [7, 11) is 0. The van der Waals surface area contributed by atoms with E-state index >= 15 is 0 Å². The van der Waals surface area contributed by atoms with Crippen LogP contribution < -0.4 is 10.6 Å². The van der Waals surface area contributed by atoms with E-state index in [9.17, 15) is 5.11 Å². The average Bonchev–Trinajstić information content (AvgIpc) is 2.67. The first-order valence-electron chi connectivity index (χ1n) is 10.0. The number of rotatable bonds is 10. The maximum atomic E-state index is 9.45. The number of aliphatic hydroxyl groups is 1. The predicted octanol–water partition coefficient (Wildman–Crippen LogP) is 3.09. The number of hydrogen-bond acceptors (Lipinski definition) is 3. The van der Waals surface area contributed by atoms with Crippen LogP contribution in [0.3, 0.4) is 0 Å². The summed E-state index contributed by atoms with van der Waals surface area (Å²) < 4.78 is 5.72. The van der Waals surface area contributed by atoms with Gasteiger partial charge in [0.05, 0.1) is 13.2 Å². The van der Waals surface area contributed by atoms with Gasteiger partial charge in [0, 0.05) is 26.2 Å². The van der Waals surface area contributed by atoms with E-state index in [0.717, 1.165) is 32.0 Å². The Kier molecular flexibility index (Phi) is 9.50. The highest BCUT2D eigenvalue weighted by molar-refractivity contribution is 5.79. The SMILES string of the molecule is CCNC(=NCC1(CCO)CCCCC1)NCCOCc1ccccc1. The molecule has 0 heterocycles. The van der Waals surface area contributed by atoms with Gasteiger partial charge in [-0.2, -0.15) is 0 Å². The summed E-state index contributed by atoms with van der Waals surface area (Å²) in [5, 5.41) is 16.1. The van der Waals surface area contributed by atoms with E-state index in [0.29, 0.717) is 13.2 Å². The third kappa shape index (κ3) is 7.34. The third-order valence-corrected chi connectivity index (χ3v) is 5.12. The van der Waals surface area contributed by atoms with Gasteiger partial charge in [-0.25, -0.2) is 0 Å². The molecule has 1 saturated carbocycles. The van der Waals surface area contributed by atoms with Crippen LogP contribution in [-0.2, 0) is 11.3 Å². The Morgan fingerprint density at radius 2 is 1.92 bits per heavy atom. The minimum absolute atomic E-state index is 0.180. The Hall–Kier alpha value is -1.59. The zero-order valence-corrected chi connectivity index (χ0v) is 16.2. The van der Waals surface area contributed by atoms with Crippen LogP contribution in [-0.4, -0.2) is 43.9 Å². The molecule has 5 heteroatoms. The second-order valence-electron chi connectivity index (χ2n) is 7.19. The van der Waals surface area contributed by atoms with Crippen LogP contribution in [0.2, 0.25) is 0 Å². The average molecular weight is 362 g/mol. The normalized spacial score (nSPS) is 17.1. The lowest BCUT2D eigenvalue weighted by molar-refractivity contribution is 0.125. The van der Waals surface area contributed by atoms with Gasteiger partial charge in [0.15, 0.2) is 5.96 Å². The number of aliphatic hydroxyl groups excluding tert-OH is 1. The minimum atomic E-state index is 0.180. The third-order valence-electron chi connectivity index (χ3n) is 5.12. The summed E-state index contributed by atoms with van der Waals surface area (Å²) >= 11 is 0. The summed E-state index contributed by atoms with van der Waals surface area (Å²) in [6.45, 7) is 5.96. The van der Waals surface area contributed by atoms with Gasteiger partial charge < -0.3 is 20.5 Å². The zero-order valence-electron chi connectivity index (χ0n) is 16.2. The van der Waals surface area contributed by atoms with E-state index in [1.54, 1.807) is 0 Å². The number of aliphatic imine (C=N–C) groups is 1. The van der Waals surface area contributed by atoms with Crippen LogP contribution in [0.1, 0.15) is 51.0 Å². The summed E-state index contributed by atoms with van der Waals surface area (Å²) in [6.07, 6.45) is 7.04. The van der Waals surface area contributed by atoms with Crippen LogP contribution >= 0.6 is 0 Å². The summed E-state index contributed by atoms with van der Waals surface area (Å²) in [4.78, 5) is 4.81. The number of nitrogens with one attached hydrogen (secondary N) is 2. The van der Waals surface area contributed by atoms with E-state index in [4.69, 9.17) is 9.73 Å². The van der Waals surface area contributed by atoms with Gasteiger partial charge >= 0.3 is 0 Å². The van der Waals surface area contributed by atoms with Crippen molar-refractivity contribution in [3.05, 3.63) is 35.9 Å². The maximum absolute atomic E-state index is 9.45. The van der Waals surface area contributed by atoms with Crippen molar-refractivity contribution in [3.8, 4) is 0 Å². The van der Waals surface area contributed by atoms with Gasteiger partial charge in [-0.3, -0.25) is 4.99 Å². The molecule has 0 bridgehead atoms. The molecule has 0 atom stereocenters. The monoisotopic (exact) mass is 361 g/mol. The standard InChI is InChI=1S/C21H35N3O2/c1-2-22-20(23-14-16-26-17-19-9-5-3-6-10-19)24-18-21(13-15-25)11-7-4-8-12-21/h3,5-6,9-10,25H,2,4,7-8,11-18H2,1H3,(H2,22,23,24). The smallest absolute Gasteiger partial charge is 0.191 e. The van der Waals surface area contributed by atoms with Gasteiger partial charge in [-0.05, 0) is 37.2 Å². The van der Waals surface area contributed by atoms with Crippen molar-refractivity contribution in [3.63, 3.8) is 0 Å². The van der Waals surface area contributed by atoms with Gasteiger partial charge in [0.25, 0.3) is 0 Å². The Morgan fingerprint density at radius 1 is 1.15 bits per heavy atom. The molecular weight excluding hydrogens is 326 g/mol. The molecule has 0 spiro atoms. The van der Waals surface area contributed by atoms with Gasteiger partial charge in [0.1, 0.15) is 0 Å². The Bertz CT molecular complexity index is 508. The summed E-state index contributed by atoms with van der Waals surface area (Å²) in [6, 6.07) is 10.2. The molecule has 146 valence electrons. The lowest BCUT2D eigenvalue weighted by Gasteiger charge is -2.35. The molecule has 1 fully saturated rings. The molecule has 0 saturated heterocycles. The first-order chi connectivity index (χ1) is 12.8. The maximum Gasteiger partial charge on any atom is 0.191 e. The molecule has 1 aromatic carbocycles. The van der Waals surface area contributed by atoms with E-state index in [1.807, 2.05) is 18.2 Å². The quantitative estimate of drug-likeness (QED) is 0.340. The molecule has 0 unspecified atom stereocenters. The van der Waals surface area contributed by atoms with Crippen molar-refractivity contribution in [1.82, 2.24) is 10.6 Å². The number of guanidine groups is 1. The topological polar surface area (TPSA) is 65.9 Å². The molecule has 0 aromatic heterocycles. The second-order valence-corrected chi connectivity index (χ2v) is 7.19. The van der Waals surface area contributed by atoms with E-state index in [-0.39, 0.29) is 12.0 Å².